The summed E-state index contributed by atoms with van der Waals surface area (Å²) in [5, 5.41) is 5.53. The molecule has 0 spiro atoms. The number of benzene rings is 2. The first-order valence-corrected chi connectivity index (χ1v) is 13.0. The molecule has 37 heavy (non-hydrogen) atoms. The van der Waals surface area contributed by atoms with Crippen molar-refractivity contribution in [3.63, 3.8) is 0 Å². The van der Waals surface area contributed by atoms with E-state index in [0.717, 1.165) is 16.8 Å². The summed E-state index contributed by atoms with van der Waals surface area (Å²) in [4.78, 5) is 33.2. The van der Waals surface area contributed by atoms with Crippen molar-refractivity contribution in [2.24, 2.45) is 4.99 Å². The van der Waals surface area contributed by atoms with Crippen LogP contribution in [0.3, 0.4) is 0 Å². The predicted octanol–water partition coefficient (Wildman–Crippen LogP) is 4.89. The van der Waals surface area contributed by atoms with E-state index in [2.05, 4.69) is 5.32 Å². The molecule has 194 valence electrons. The number of methoxy groups -OCH3 is 2. The Balaban J connectivity index is 1.93. The third-order valence-electron chi connectivity index (χ3n) is 5.83. The molecule has 1 N–H and O–H groups in total. The minimum Gasteiger partial charge on any atom is -0.497 e. The molecule has 0 bridgehead atoms. The Hall–Kier alpha value is -3.72. The second kappa shape index (κ2) is 11.6. The third-order valence-corrected chi connectivity index (χ3v) is 6.72. The fourth-order valence-electron chi connectivity index (χ4n) is 4.33. The maximum absolute atomic E-state index is 13.6. The molecule has 9 heteroatoms. The van der Waals surface area contributed by atoms with E-state index in [1.54, 1.807) is 27.2 Å². The molecule has 0 aromatic heterocycles. The van der Waals surface area contributed by atoms with Crippen molar-refractivity contribution in [1.82, 2.24) is 10.2 Å². The lowest BCUT2D eigenvalue weighted by atomic mass is 9.91. The van der Waals surface area contributed by atoms with Gasteiger partial charge in [0, 0.05) is 23.4 Å². The van der Waals surface area contributed by atoms with Gasteiger partial charge >= 0.3 is 5.97 Å². The fourth-order valence-corrected chi connectivity index (χ4v) is 5.25. The average Bonchev–Trinajstić information content (AvgIpc) is 3.29. The molecule has 2 aromatic rings. The van der Waals surface area contributed by atoms with Crippen molar-refractivity contribution in [2.45, 2.75) is 39.3 Å². The van der Waals surface area contributed by atoms with Gasteiger partial charge < -0.3 is 24.4 Å². The van der Waals surface area contributed by atoms with Gasteiger partial charge in [0.25, 0.3) is 0 Å². The summed E-state index contributed by atoms with van der Waals surface area (Å²) >= 11 is 1.42. The van der Waals surface area contributed by atoms with E-state index in [-0.39, 0.29) is 25.0 Å². The molecular formula is C28H31N3O5S. The van der Waals surface area contributed by atoms with E-state index < -0.39 is 12.0 Å². The lowest BCUT2D eigenvalue weighted by Gasteiger charge is -2.37. The summed E-state index contributed by atoms with van der Waals surface area (Å²) in [5.74, 6) is 0.579. The normalized spacial score (nSPS) is 16.7. The summed E-state index contributed by atoms with van der Waals surface area (Å²) in [7, 11) is 3.16. The second-order valence-corrected chi connectivity index (χ2v) is 9.62. The van der Waals surface area contributed by atoms with Crippen LogP contribution < -0.4 is 14.8 Å². The largest absolute Gasteiger partial charge is 0.497 e. The number of hydrogen-bond donors (Lipinski definition) is 1. The molecule has 0 aliphatic carbocycles. The molecule has 0 radical (unpaired) electrons. The quantitative estimate of drug-likeness (QED) is 0.470. The molecule has 1 atom stereocenters. The van der Waals surface area contributed by atoms with Crippen molar-refractivity contribution in [3.05, 3.63) is 76.3 Å². The Morgan fingerprint density at radius 1 is 1.08 bits per heavy atom. The molecule has 1 amide bonds. The summed E-state index contributed by atoms with van der Waals surface area (Å²) < 4.78 is 16.6. The Morgan fingerprint density at radius 3 is 2.35 bits per heavy atom. The molecule has 8 nitrogen and oxygen atoms in total. The number of rotatable bonds is 9. The number of amides is 1. The summed E-state index contributed by atoms with van der Waals surface area (Å²) in [6, 6.07) is 14.5. The molecule has 0 saturated heterocycles. The zero-order chi connectivity index (χ0) is 26.5. The van der Waals surface area contributed by atoms with Crippen LogP contribution in [0.2, 0.25) is 0 Å². The van der Waals surface area contributed by atoms with E-state index in [1.807, 2.05) is 66.6 Å². The number of hydrogen-bond acceptors (Lipinski definition) is 8. The smallest absolute Gasteiger partial charge is 0.338 e. The molecular weight excluding hydrogens is 490 g/mol. The first kappa shape index (κ1) is 26.3. The highest BCUT2D eigenvalue weighted by Crippen LogP contribution is 2.48. The zero-order valence-electron chi connectivity index (χ0n) is 21.6. The topological polar surface area (TPSA) is 89.5 Å². The summed E-state index contributed by atoms with van der Waals surface area (Å²) in [6.07, 6.45) is 0.137. The lowest BCUT2D eigenvalue weighted by Crippen LogP contribution is -2.38. The number of nitrogens with zero attached hydrogens (tertiary/aromatic N) is 2. The van der Waals surface area contributed by atoms with E-state index >= 15 is 0 Å². The zero-order valence-corrected chi connectivity index (χ0v) is 22.4. The molecule has 2 aliphatic rings. The maximum Gasteiger partial charge on any atom is 0.338 e. The van der Waals surface area contributed by atoms with Crippen molar-refractivity contribution >= 4 is 34.5 Å². The van der Waals surface area contributed by atoms with E-state index in [9.17, 15) is 9.59 Å². The number of carbonyl (C=O) groups excluding carboxylic acids is 2. The van der Waals surface area contributed by atoms with Crippen LogP contribution in [0, 0.1) is 0 Å². The van der Waals surface area contributed by atoms with Gasteiger partial charge in [0.15, 0.2) is 5.17 Å². The van der Waals surface area contributed by atoms with Crippen LogP contribution in [0.1, 0.15) is 44.4 Å². The molecule has 0 saturated carbocycles. The standard InChI is InChI=1S/C28H31N3O5S/c1-6-36-27(33)24-25(18-10-8-7-9-11-18)30-28-31(20(16-37-28)14-23(32)29-17(2)3)26(24)19-12-21(34-4)15-22(13-19)35-5/h7-13,15-17,26H,6,14H2,1-5H3,(H,29,32)/t26-/m1/s1. The maximum atomic E-state index is 13.6. The Labute approximate surface area is 221 Å². The van der Waals surface area contributed by atoms with Gasteiger partial charge in [0.2, 0.25) is 5.91 Å². The molecule has 0 unspecified atom stereocenters. The highest BCUT2D eigenvalue weighted by Gasteiger charge is 2.42. The molecule has 4 rings (SSSR count). The average molecular weight is 522 g/mol. The molecule has 2 heterocycles. The molecule has 2 aromatic carbocycles. The monoisotopic (exact) mass is 521 g/mol. The van der Waals surface area contributed by atoms with Crippen molar-refractivity contribution in [3.8, 4) is 11.5 Å². The number of ether oxygens (including phenoxy) is 3. The predicted molar refractivity (Wildman–Crippen MR) is 145 cm³/mol. The van der Waals surface area contributed by atoms with E-state index in [0.29, 0.717) is 27.9 Å². The van der Waals surface area contributed by atoms with Crippen LogP contribution in [0.15, 0.2) is 70.2 Å². The van der Waals surface area contributed by atoms with Gasteiger partial charge in [-0.3, -0.25) is 4.79 Å². The van der Waals surface area contributed by atoms with Gasteiger partial charge in [0.1, 0.15) is 11.5 Å². The van der Waals surface area contributed by atoms with Crippen LogP contribution in [0.5, 0.6) is 11.5 Å². The Morgan fingerprint density at radius 2 is 1.76 bits per heavy atom. The van der Waals surface area contributed by atoms with E-state index in [4.69, 9.17) is 19.2 Å². The Kier molecular flexibility index (Phi) is 8.23. The van der Waals surface area contributed by atoms with Crippen molar-refractivity contribution in [1.29, 1.82) is 0 Å². The number of amidine groups is 1. The summed E-state index contributed by atoms with van der Waals surface area (Å²) in [5.41, 5.74) is 3.19. The van der Waals surface area contributed by atoms with E-state index in [1.165, 1.54) is 11.8 Å². The van der Waals surface area contributed by atoms with Gasteiger partial charge in [-0.15, -0.1) is 0 Å². The van der Waals surface area contributed by atoms with Crippen molar-refractivity contribution in [2.75, 3.05) is 20.8 Å². The van der Waals surface area contributed by atoms with Crippen LogP contribution in [0.4, 0.5) is 0 Å². The van der Waals surface area contributed by atoms with Crippen LogP contribution in [-0.2, 0) is 14.3 Å². The number of esters is 1. The number of aliphatic imine (C=N–C) groups is 1. The lowest BCUT2D eigenvalue weighted by molar-refractivity contribution is -0.139. The van der Waals surface area contributed by atoms with Crippen LogP contribution in [-0.4, -0.2) is 48.8 Å². The number of thioether (sulfide) groups is 1. The minimum atomic E-state index is -0.626. The van der Waals surface area contributed by atoms with Gasteiger partial charge in [-0.05, 0) is 43.9 Å². The van der Waals surface area contributed by atoms with Crippen molar-refractivity contribution < 1.29 is 23.8 Å². The number of carbonyl (C=O) groups is 2. The van der Waals surface area contributed by atoms with Gasteiger partial charge in [-0.2, -0.15) is 0 Å². The fraction of sp³-hybridized carbons (Fsp3) is 0.321. The number of nitrogens with one attached hydrogen (secondary N) is 1. The van der Waals surface area contributed by atoms with Gasteiger partial charge in [-0.25, -0.2) is 9.79 Å². The Bertz CT molecular complexity index is 1250. The van der Waals surface area contributed by atoms with Crippen LogP contribution in [0.25, 0.3) is 5.70 Å². The highest BCUT2D eigenvalue weighted by atomic mass is 32.2. The SMILES string of the molecule is CCOC(=O)C1=C(c2ccccc2)N=C2SC=C(CC(=O)NC(C)C)N2[C@@H]1c1cc(OC)cc(OC)c1. The molecule has 0 fully saturated rings. The minimum absolute atomic E-state index is 0.00904. The summed E-state index contributed by atoms with van der Waals surface area (Å²) in [6.45, 7) is 5.82. The van der Waals surface area contributed by atoms with Gasteiger partial charge in [-0.1, -0.05) is 42.1 Å². The number of fused-ring (bicyclic) bond motifs is 1. The third kappa shape index (κ3) is 5.67. The first-order valence-electron chi connectivity index (χ1n) is 12.1. The second-order valence-electron chi connectivity index (χ2n) is 8.79. The molecule has 2 aliphatic heterocycles. The first-order chi connectivity index (χ1) is 17.9. The van der Waals surface area contributed by atoms with Crippen LogP contribution >= 0.6 is 11.8 Å². The van der Waals surface area contributed by atoms with Gasteiger partial charge in [0.05, 0.1) is 44.6 Å². The highest BCUT2D eigenvalue weighted by molar-refractivity contribution is 8.16.